The first-order chi connectivity index (χ1) is 13.9. The molecule has 0 aliphatic carbocycles. The highest BCUT2D eigenvalue weighted by Crippen LogP contribution is 2.25. The Labute approximate surface area is 168 Å². The minimum absolute atomic E-state index is 0.0626. The topological polar surface area (TPSA) is 107 Å². The molecule has 2 atom stereocenters. The molecule has 1 fully saturated rings. The fourth-order valence-corrected chi connectivity index (χ4v) is 3.20. The Morgan fingerprint density at radius 2 is 2.00 bits per heavy atom. The van der Waals surface area contributed by atoms with Crippen LogP contribution in [0, 0.1) is 10.1 Å². The number of nitrogens with zero attached hydrogens (tertiary/aromatic N) is 3. The average molecular weight is 400 g/mol. The highest BCUT2D eigenvalue weighted by atomic mass is 16.6. The van der Waals surface area contributed by atoms with Crippen LogP contribution in [0.1, 0.15) is 19.4 Å². The van der Waals surface area contributed by atoms with E-state index in [2.05, 4.69) is 15.2 Å². The zero-order valence-electron chi connectivity index (χ0n) is 16.4. The van der Waals surface area contributed by atoms with Crippen molar-refractivity contribution in [3.63, 3.8) is 0 Å². The van der Waals surface area contributed by atoms with Crippen LogP contribution in [0.4, 0.5) is 11.5 Å². The van der Waals surface area contributed by atoms with Crippen LogP contribution in [-0.4, -0.2) is 47.7 Å². The second-order valence-electron chi connectivity index (χ2n) is 6.98. The largest absolute Gasteiger partial charge is 0.477 e. The Kier molecular flexibility index (Phi) is 6.61. The van der Waals surface area contributed by atoms with Crippen molar-refractivity contribution >= 4 is 17.4 Å². The van der Waals surface area contributed by atoms with Crippen LogP contribution in [0.3, 0.4) is 0 Å². The van der Waals surface area contributed by atoms with Crippen molar-refractivity contribution in [1.82, 2.24) is 10.3 Å². The summed E-state index contributed by atoms with van der Waals surface area (Å²) in [6.07, 6.45) is 2.03. The van der Waals surface area contributed by atoms with E-state index in [4.69, 9.17) is 9.47 Å². The molecule has 1 aliphatic rings. The molecule has 1 N–H and O–H groups in total. The van der Waals surface area contributed by atoms with Gasteiger partial charge in [0.25, 0.3) is 5.91 Å². The maximum absolute atomic E-state index is 12.0. The second kappa shape index (κ2) is 9.33. The maximum atomic E-state index is 12.0. The molecule has 9 heteroatoms. The quantitative estimate of drug-likeness (QED) is 0.561. The number of nitrogens with one attached hydrogen (secondary N) is 1. The molecule has 0 bridgehead atoms. The Hall–Kier alpha value is -3.20. The third-order valence-electron chi connectivity index (χ3n) is 4.46. The minimum atomic E-state index is -0.545. The number of morpholine rings is 1. The summed E-state index contributed by atoms with van der Waals surface area (Å²) in [5, 5.41) is 13.7. The first kappa shape index (κ1) is 20.5. The summed E-state index contributed by atoms with van der Waals surface area (Å²) < 4.78 is 11.0. The number of ether oxygens (including phenoxy) is 2. The van der Waals surface area contributed by atoms with Gasteiger partial charge in [0.1, 0.15) is 5.82 Å². The lowest BCUT2D eigenvalue weighted by Crippen LogP contribution is -2.45. The van der Waals surface area contributed by atoms with Crippen LogP contribution in [0.5, 0.6) is 5.75 Å². The third-order valence-corrected chi connectivity index (χ3v) is 4.46. The van der Waals surface area contributed by atoms with Gasteiger partial charge in [-0.2, -0.15) is 0 Å². The molecule has 1 saturated heterocycles. The highest BCUT2D eigenvalue weighted by Gasteiger charge is 2.23. The van der Waals surface area contributed by atoms with Crippen molar-refractivity contribution in [2.75, 3.05) is 24.6 Å². The SMILES string of the molecule is CC1CN(c2ccc(CNC(=O)COc3ccccc3[N+](=O)[O-])cn2)CC(C)O1. The number of nitro groups is 1. The molecule has 29 heavy (non-hydrogen) atoms. The van der Waals surface area contributed by atoms with E-state index in [0.29, 0.717) is 6.54 Å². The number of hydrogen-bond acceptors (Lipinski definition) is 7. The Balaban J connectivity index is 1.49. The molecule has 1 amide bonds. The standard InChI is InChI=1S/C20H24N4O5/c1-14-11-23(12-15(2)29-14)19-8-7-16(9-21-19)10-22-20(25)13-28-18-6-4-3-5-17(18)24(26)27/h3-9,14-15H,10-13H2,1-2H3,(H,22,25). The van der Waals surface area contributed by atoms with Crippen LogP contribution < -0.4 is 15.0 Å². The van der Waals surface area contributed by atoms with Gasteiger partial charge in [-0.1, -0.05) is 18.2 Å². The van der Waals surface area contributed by atoms with Gasteiger partial charge in [0.05, 0.1) is 17.1 Å². The van der Waals surface area contributed by atoms with Crippen molar-refractivity contribution in [2.24, 2.45) is 0 Å². The molecule has 0 radical (unpaired) electrons. The van der Waals surface area contributed by atoms with E-state index in [1.54, 1.807) is 18.3 Å². The maximum Gasteiger partial charge on any atom is 0.310 e. The smallest absolute Gasteiger partial charge is 0.310 e. The monoisotopic (exact) mass is 400 g/mol. The Bertz CT molecular complexity index is 848. The van der Waals surface area contributed by atoms with E-state index in [-0.39, 0.29) is 36.2 Å². The van der Waals surface area contributed by atoms with Gasteiger partial charge >= 0.3 is 5.69 Å². The van der Waals surface area contributed by atoms with E-state index in [0.717, 1.165) is 24.5 Å². The number of amides is 1. The molecule has 1 aromatic carbocycles. The van der Waals surface area contributed by atoms with Gasteiger partial charge in [-0.15, -0.1) is 0 Å². The molecular formula is C20H24N4O5. The van der Waals surface area contributed by atoms with Crippen LogP contribution in [0.2, 0.25) is 0 Å². The molecule has 2 heterocycles. The zero-order valence-corrected chi connectivity index (χ0v) is 16.4. The molecule has 1 aliphatic heterocycles. The predicted molar refractivity (Wildman–Crippen MR) is 107 cm³/mol. The molecule has 9 nitrogen and oxygen atoms in total. The van der Waals surface area contributed by atoms with E-state index in [1.165, 1.54) is 12.1 Å². The van der Waals surface area contributed by atoms with E-state index in [1.807, 2.05) is 26.0 Å². The van der Waals surface area contributed by atoms with Crippen LogP contribution in [0.15, 0.2) is 42.6 Å². The summed E-state index contributed by atoms with van der Waals surface area (Å²) in [7, 11) is 0. The summed E-state index contributed by atoms with van der Waals surface area (Å²) in [6.45, 7) is 5.65. The average Bonchev–Trinajstić information content (AvgIpc) is 2.70. The van der Waals surface area contributed by atoms with Crippen molar-refractivity contribution in [2.45, 2.75) is 32.6 Å². The molecule has 2 unspecified atom stereocenters. The summed E-state index contributed by atoms with van der Waals surface area (Å²) in [5.74, 6) is 0.567. The number of pyridine rings is 1. The Morgan fingerprint density at radius 1 is 1.28 bits per heavy atom. The van der Waals surface area contributed by atoms with Crippen molar-refractivity contribution in [1.29, 1.82) is 0 Å². The predicted octanol–water partition coefficient (Wildman–Crippen LogP) is 2.30. The number of nitro benzene ring substituents is 1. The van der Waals surface area contributed by atoms with Gasteiger partial charge in [0, 0.05) is 31.9 Å². The van der Waals surface area contributed by atoms with Crippen molar-refractivity contribution in [3.05, 3.63) is 58.3 Å². The number of anilines is 1. The highest BCUT2D eigenvalue weighted by molar-refractivity contribution is 5.77. The van der Waals surface area contributed by atoms with E-state index in [9.17, 15) is 14.9 Å². The Morgan fingerprint density at radius 3 is 2.66 bits per heavy atom. The number of aromatic nitrogens is 1. The third kappa shape index (κ3) is 5.64. The van der Waals surface area contributed by atoms with E-state index >= 15 is 0 Å². The lowest BCUT2D eigenvalue weighted by molar-refractivity contribution is -0.385. The van der Waals surface area contributed by atoms with Gasteiger partial charge < -0.3 is 19.7 Å². The van der Waals surface area contributed by atoms with Gasteiger partial charge in [-0.3, -0.25) is 14.9 Å². The summed E-state index contributed by atoms with van der Waals surface area (Å²) in [6, 6.07) is 9.79. The van der Waals surface area contributed by atoms with Crippen molar-refractivity contribution in [3.8, 4) is 5.75 Å². The molecule has 3 rings (SSSR count). The fourth-order valence-electron chi connectivity index (χ4n) is 3.20. The lowest BCUT2D eigenvalue weighted by Gasteiger charge is -2.36. The fraction of sp³-hybridized carbons (Fsp3) is 0.400. The normalized spacial score (nSPS) is 18.9. The molecule has 154 valence electrons. The first-order valence-electron chi connectivity index (χ1n) is 9.40. The van der Waals surface area contributed by atoms with Gasteiger partial charge in [0.15, 0.2) is 12.4 Å². The first-order valence-corrected chi connectivity index (χ1v) is 9.40. The summed E-state index contributed by atoms with van der Waals surface area (Å²) in [4.78, 5) is 29.1. The summed E-state index contributed by atoms with van der Waals surface area (Å²) >= 11 is 0. The molecule has 2 aromatic rings. The summed E-state index contributed by atoms with van der Waals surface area (Å²) in [5.41, 5.74) is 0.675. The number of carbonyl (C=O) groups excluding carboxylic acids is 1. The molecule has 1 aromatic heterocycles. The van der Waals surface area contributed by atoms with Crippen molar-refractivity contribution < 1.29 is 19.2 Å². The molecule has 0 spiro atoms. The second-order valence-corrected chi connectivity index (χ2v) is 6.98. The molecular weight excluding hydrogens is 376 g/mol. The minimum Gasteiger partial charge on any atom is -0.477 e. The number of para-hydroxylation sites is 2. The van der Waals surface area contributed by atoms with E-state index < -0.39 is 4.92 Å². The van der Waals surface area contributed by atoms with Crippen LogP contribution in [0.25, 0.3) is 0 Å². The van der Waals surface area contributed by atoms with Gasteiger partial charge in [-0.05, 0) is 31.5 Å². The zero-order chi connectivity index (χ0) is 20.8. The number of carbonyl (C=O) groups is 1. The number of hydrogen-bond donors (Lipinski definition) is 1. The van der Waals surface area contributed by atoms with Gasteiger partial charge in [0.2, 0.25) is 0 Å². The van der Waals surface area contributed by atoms with Crippen LogP contribution >= 0.6 is 0 Å². The molecule has 0 saturated carbocycles. The lowest BCUT2D eigenvalue weighted by atomic mass is 10.2. The number of benzene rings is 1. The van der Waals surface area contributed by atoms with Crippen LogP contribution in [-0.2, 0) is 16.1 Å². The number of rotatable bonds is 7. The van der Waals surface area contributed by atoms with Gasteiger partial charge in [-0.25, -0.2) is 4.98 Å².